The maximum Gasteiger partial charge on any atom is 0.157 e. The molecule has 0 radical (unpaired) electrons. The maximum atomic E-state index is 13.5. The minimum atomic E-state index is -0.291. The van der Waals surface area contributed by atoms with Crippen LogP contribution in [0, 0.1) is 24.1 Å². The number of nitriles is 1. The maximum absolute atomic E-state index is 13.5. The minimum Gasteiger partial charge on any atom is -0.281 e. The van der Waals surface area contributed by atoms with Gasteiger partial charge in [-0.25, -0.2) is 9.37 Å². The molecule has 0 N–H and O–H groups in total. The van der Waals surface area contributed by atoms with Gasteiger partial charge in [0, 0.05) is 6.42 Å². The monoisotopic (exact) mass is 349 g/mol. The second-order valence-corrected chi connectivity index (χ2v) is 6.31. The van der Waals surface area contributed by atoms with Gasteiger partial charge in [0.1, 0.15) is 17.0 Å². The zero-order chi connectivity index (χ0) is 17.6. The molecular weight excluding hydrogens is 337 g/mol. The van der Waals surface area contributed by atoms with Crippen LogP contribution in [0.1, 0.15) is 22.3 Å². The summed E-state index contributed by atoms with van der Waals surface area (Å²) in [5.41, 5.74) is 5.06. The Hall–Kier alpha value is -2.90. The van der Waals surface area contributed by atoms with Gasteiger partial charge in [0.2, 0.25) is 0 Å². The molecule has 0 spiro atoms. The van der Waals surface area contributed by atoms with Crippen LogP contribution < -0.4 is 0 Å². The van der Waals surface area contributed by atoms with Gasteiger partial charge in [0.15, 0.2) is 5.65 Å². The first-order valence-electron chi connectivity index (χ1n) is 7.83. The number of hydrogen-bond acceptors (Lipinski definition) is 2. The second-order valence-electron chi connectivity index (χ2n) is 5.95. The number of hydrogen-bond donors (Lipinski definition) is 0. The molecule has 0 aliphatic rings. The Morgan fingerprint density at radius 3 is 2.76 bits per heavy atom. The molecular formula is C20H13ClFN3. The molecule has 0 aliphatic heterocycles. The smallest absolute Gasteiger partial charge is 0.157 e. The summed E-state index contributed by atoms with van der Waals surface area (Å²) in [7, 11) is 0. The van der Waals surface area contributed by atoms with Gasteiger partial charge < -0.3 is 0 Å². The van der Waals surface area contributed by atoms with Gasteiger partial charge in [-0.2, -0.15) is 5.26 Å². The molecule has 0 saturated carbocycles. The Morgan fingerprint density at radius 2 is 2.00 bits per heavy atom. The second kappa shape index (κ2) is 5.87. The highest BCUT2D eigenvalue weighted by molar-refractivity contribution is 6.31. The lowest BCUT2D eigenvalue weighted by Gasteiger charge is -2.13. The van der Waals surface area contributed by atoms with Crippen LogP contribution >= 0.6 is 11.6 Å². The fourth-order valence-corrected chi connectivity index (χ4v) is 3.57. The van der Waals surface area contributed by atoms with E-state index in [1.807, 2.05) is 37.3 Å². The number of aromatic nitrogens is 2. The molecule has 5 heteroatoms. The number of halogens is 2. The summed E-state index contributed by atoms with van der Waals surface area (Å²) >= 11 is 6.71. The molecule has 3 nitrogen and oxygen atoms in total. The summed E-state index contributed by atoms with van der Waals surface area (Å²) in [4.78, 5) is 4.57. The molecule has 4 rings (SSSR count). The van der Waals surface area contributed by atoms with Crippen molar-refractivity contribution in [3.8, 4) is 6.07 Å². The fourth-order valence-electron chi connectivity index (χ4n) is 3.19. The first kappa shape index (κ1) is 15.6. The number of imidazole rings is 1. The summed E-state index contributed by atoms with van der Waals surface area (Å²) in [6.07, 6.45) is 0.444. The van der Waals surface area contributed by atoms with E-state index < -0.39 is 0 Å². The molecule has 4 aromatic rings. The molecule has 25 heavy (non-hydrogen) atoms. The first-order chi connectivity index (χ1) is 12.1. The highest BCUT2D eigenvalue weighted by Gasteiger charge is 2.19. The minimum absolute atomic E-state index is 0.291. The van der Waals surface area contributed by atoms with E-state index in [4.69, 9.17) is 11.6 Å². The number of pyridine rings is 1. The van der Waals surface area contributed by atoms with Crippen LogP contribution in [0.5, 0.6) is 0 Å². The predicted octanol–water partition coefficient (Wildman–Crippen LogP) is 5.05. The Bertz CT molecular complexity index is 1170. The van der Waals surface area contributed by atoms with Crippen LogP contribution in [0.4, 0.5) is 4.39 Å². The summed E-state index contributed by atoms with van der Waals surface area (Å²) < 4.78 is 15.3. The molecule has 0 aliphatic carbocycles. The number of fused-ring (bicyclic) bond motifs is 3. The number of benzene rings is 2. The first-order valence-corrected chi connectivity index (χ1v) is 8.20. The van der Waals surface area contributed by atoms with Gasteiger partial charge in [0.05, 0.1) is 16.6 Å². The number of rotatable bonds is 2. The third kappa shape index (κ3) is 2.45. The molecule has 122 valence electrons. The lowest BCUT2D eigenvalue weighted by Crippen LogP contribution is -2.03. The van der Waals surface area contributed by atoms with Crippen molar-refractivity contribution in [2.24, 2.45) is 0 Å². The molecule has 0 fully saturated rings. The molecule has 2 aromatic heterocycles. The van der Waals surface area contributed by atoms with E-state index in [1.54, 1.807) is 10.5 Å². The average Bonchev–Trinajstić information content (AvgIpc) is 2.98. The van der Waals surface area contributed by atoms with Crippen LogP contribution in [0.15, 0.2) is 48.5 Å². The van der Waals surface area contributed by atoms with Crippen molar-refractivity contribution >= 4 is 28.3 Å². The highest BCUT2D eigenvalue weighted by atomic mass is 35.5. The molecule has 0 unspecified atom stereocenters. The van der Waals surface area contributed by atoms with E-state index in [-0.39, 0.29) is 5.82 Å². The van der Waals surface area contributed by atoms with Gasteiger partial charge in [-0.3, -0.25) is 4.40 Å². The van der Waals surface area contributed by atoms with Crippen molar-refractivity contribution in [2.75, 3.05) is 0 Å². The van der Waals surface area contributed by atoms with E-state index in [0.717, 1.165) is 27.7 Å². The standard InChI is InChI=1S/C20H13ClFN3/c1-12-15(10-13-5-4-6-14(22)9-13)19(21)25-18-8-3-2-7-17(18)24-20(25)16(12)11-23/h2-9H,10H2,1H3. The summed E-state index contributed by atoms with van der Waals surface area (Å²) in [6, 6.07) is 16.3. The van der Waals surface area contributed by atoms with Gasteiger partial charge in [-0.1, -0.05) is 35.9 Å². The summed E-state index contributed by atoms with van der Waals surface area (Å²) in [6.45, 7) is 1.86. The summed E-state index contributed by atoms with van der Waals surface area (Å²) in [5.74, 6) is -0.291. The molecule has 0 bridgehead atoms. The highest BCUT2D eigenvalue weighted by Crippen LogP contribution is 2.32. The normalized spacial score (nSPS) is 11.1. The van der Waals surface area contributed by atoms with Gasteiger partial charge in [-0.15, -0.1) is 0 Å². The molecule has 2 heterocycles. The molecule has 0 amide bonds. The zero-order valence-corrected chi connectivity index (χ0v) is 14.2. The van der Waals surface area contributed by atoms with E-state index >= 15 is 0 Å². The number of para-hydroxylation sites is 2. The molecule has 0 atom stereocenters. The van der Waals surface area contributed by atoms with Crippen LogP contribution in [0.3, 0.4) is 0 Å². The van der Waals surface area contributed by atoms with Gasteiger partial charge in [0.25, 0.3) is 0 Å². The van der Waals surface area contributed by atoms with Gasteiger partial charge >= 0.3 is 0 Å². The Balaban J connectivity index is 2.04. The largest absolute Gasteiger partial charge is 0.281 e. The Morgan fingerprint density at radius 1 is 1.20 bits per heavy atom. The quantitative estimate of drug-likeness (QED) is 0.475. The van der Waals surface area contributed by atoms with Crippen molar-refractivity contribution in [1.29, 1.82) is 5.26 Å². The summed E-state index contributed by atoms with van der Waals surface area (Å²) in [5, 5.41) is 10.2. The van der Waals surface area contributed by atoms with Crippen molar-refractivity contribution in [1.82, 2.24) is 9.38 Å². The van der Waals surface area contributed by atoms with E-state index in [1.165, 1.54) is 12.1 Å². The van der Waals surface area contributed by atoms with E-state index in [0.29, 0.717) is 22.8 Å². The van der Waals surface area contributed by atoms with Crippen LogP contribution in [-0.2, 0) is 6.42 Å². The zero-order valence-electron chi connectivity index (χ0n) is 13.4. The lowest BCUT2D eigenvalue weighted by molar-refractivity contribution is 0.626. The molecule has 0 saturated heterocycles. The third-order valence-electron chi connectivity index (χ3n) is 4.44. The van der Waals surface area contributed by atoms with Crippen LogP contribution in [-0.4, -0.2) is 9.38 Å². The molecule has 2 aromatic carbocycles. The Labute approximate surface area is 148 Å². The van der Waals surface area contributed by atoms with Crippen LogP contribution in [0.25, 0.3) is 16.7 Å². The van der Waals surface area contributed by atoms with Crippen molar-refractivity contribution in [3.05, 3.63) is 81.8 Å². The predicted molar refractivity (Wildman–Crippen MR) is 96.4 cm³/mol. The topological polar surface area (TPSA) is 41.1 Å². The van der Waals surface area contributed by atoms with E-state index in [2.05, 4.69) is 11.1 Å². The van der Waals surface area contributed by atoms with E-state index in [9.17, 15) is 9.65 Å². The SMILES string of the molecule is Cc1c(Cc2cccc(F)c2)c(Cl)n2c(nc3ccccc32)c1C#N. The average molecular weight is 350 g/mol. The fraction of sp³-hybridized carbons (Fsp3) is 0.100. The van der Waals surface area contributed by atoms with Gasteiger partial charge in [-0.05, 0) is 47.9 Å². The van der Waals surface area contributed by atoms with Crippen LogP contribution in [0.2, 0.25) is 5.15 Å². The third-order valence-corrected chi connectivity index (χ3v) is 4.84. The van der Waals surface area contributed by atoms with Crippen molar-refractivity contribution < 1.29 is 4.39 Å². The number of nitrogens with zero attached hydrogens (tertiary/aromatic N) is 3. The Kier molecular flexibility index (Phi) is 3.67. The van der Waals surface area contributed by atoms with Crippen molar-refractivity contribution in [3.63, 3.8) is 0 Å². The lowest BCUT2D eigenvalue weighted by atomic mass is 9.99. The van der Waals surface area contributed by atoms with Crippen molar-refractivity contribution in [2.45, 2.75) is 13.3 Å².